The minimum atomic E-state index is -0.140. The van der Waals surface area contributed by atoms with Crippen molar-refractivity contribution in [2.45, 2.75) is 46.0 Å². The van der Waals surface area contributed by atoms with E-state index in [1.54, 1.807) is 6.07 Å². The van der Waals surface area contributed by atoms with Gasteiger partial charge in [-0.1, -0.05) is 44.2 Å². The molecule has 0 unspecified atom stereocenters. The number of benzene rings is 1. The lowest BCUT2D eigenvalue weighted by Gasteiger charge is -2.32. The molecular weight excluding hydrogens is 348 g/mol. The summed E-state index contributed by atoms with van der Waals surface area (Å²) in [6.07, 6.45) is 5.75. The number of carbonyl (C=O) groups is 1. The summed E-state index contributed by atoms with van der Waals surface area (Å²) < 4.78 is 0. The van der Waals surface area contributed by atoms with E-state index in [2.05, 4.69) is 64.6 Å². The Labute approximate surface area is 168 Å². The second kappa shape index (κ2) is 10.2. The molecule has 5 nitrogen and oxygen atoms in total. The maximum atomic E-state index is 12.1. The number of piperidine rings is 1. The van der Waals surface area contributed by atoms with Crippen molar-refractivity contribution in [2.75, 3.05) is 24.5 Å². The number of rotatable bonds is 8. The van der Waals surface area contributed by atoms with Crippen LogP contribution in [0.4, 0.5) is 5.82 Å². The quantitative estimate of drug-likeness (QED) is 0.749. The van der Waals surface area contributed by atoms with E-state index in [1.165, 1.54) is 24.8 Å². The molecule has 5 heteroatoms. The van der Waals surface area contributed by atoms with Crippen LogP contribution in [-0.4, -0.2) is 35.7 Å². The molecule has 1 fully saturated rings. The predicted molar refractivity (Wildman–Crippen MR) is 114 cm³/mol. The summed E-state index contributed by atoms with van der Waals surface area (Å²) in [4.78, 5) is 14.4. The van der Waals surface area contributed by atoms with Crippen LogP contribution in [0.2, 0.25) is 0 Å². The highest BCUT2D eigenvalue weighted by Gasteiger charge is 2.20. The maximum absolute atomic E-state index is 12.1. The zero-order valence-electron chi connectivity index (χ0n) is 17.1. The van der Waals surface area contributed by atoms with Gasteiger partial charge in [0.15, 0.2) is 11.5 Å². The van der Waals surface area contributed by atoms with E-state index in [9.17, 15) is 4.79 Å². The highest BCUT2D eigenvalue weighted by molar-refractivity contribution is 5.92. The van der Waals surface area contributed by atoms with Crippen molar-refractivity contribution in [1.29, 1.82) is 0 Å². The summed E-state index contributed by atoms with van der Waals surface area (Å²) in [7, 11) is 0. The van der Waals surface area contributed by atoms with E-state index in [0.29, 0.717) is 18.2 Å². The van der Waals surface area contributed by atoms with Crippen LogP contribution in [0.15, 0.2) is 42.5 Å². The third-order valence-corrected chi connectivity index (χ3v) is 5.51. The number of anilines is 1. The number of aromatic nitrogens is 2. The predicted octanol–water partition coefficient (Wildman–Crippen LogP) is 4.10. The van der Waals surface area contributed by atoms with Crippen LogP contribution < -0.4 is 10.2 Å². The van der Waals surface area contributed by atoms with E-state index in [0.717, 1.165) is 37.7 Å². The van der Waals surface area contributed by atoms with Gasteiger partial charge in [-0.05, 0) is 61.6 Å². The lowest BCUT2D eigenvalue weighted by atomic mass is 9.90. The Hall–Kier alpha value is -2.43. The Bertz CT molecular complexity index is 722. The van der Waals surface area contributed by atoms with E-state index >= 15 is 0 Å². The fourth-order valence-corrected chi connectivity index (χ4v) is 3.65. The van der Waals surface area contributed by atoms with Crippen molar-refractivity contribution in [1.82, 2.24) is 15.5 Å². The van der Waals surface area contributed by atoms with Gasteiger partial charge >= 0.3 is 0 Å². The lowest BCUT2D eigenvalue weighted by Crippen LogP contribution is -2.34. The van der Waals surface area contributed by atoms with Crippen molar-refractivity contribution in [3.05, 3.63) is 53.7 Å². The number of amides is 1. The van der Waals surface area contributed by atoms with Gasteiger partial charge in [-0.3, -0.25) is 4.79 Å². The van der Waals surface area contributed by atoms with Crippen molar-refractivity contribution >= 4 is 11.7 Å². The fraction of sp³-hybridized carbons (Fsp3) is 0.522. The Morgan fingerprint density at radius 2 is 1.86 bits per heavy atom. The van der Waals surface area contributed by atoms with Crippen LogP contribution in [0.25, 0.3) is 0 Å². The third kappa shape index (κ3) is 6.04. The summed E-state index contributed by atoms with van der Waals surface area (Å²) in [5, 5.41) is 11.4. The number of nitrogens with one attached hydrogen (secondary N) is 1. The van der Waals surface area contributed by atoms with Gasteiger partial charge in [0.1, 0.15) is 0 Å². The highest BCUT2D eigenvalue weighted by atomic mass is 16.1. The first-order valence-electron chi connectivity index (χ1n) is 10.5. The molecule has 1 N–H and O–H groups in total. The smallest absolute Gasteiger partial charge is 0.271 e. The Morgan fingerprint density at radius 1 is 1.11 bits per heavy atom. The largest absolute Gasteiger partial charge is 0.355 e. The number of nitrogens with zero attached hydrogens (tertiary/aromatic N) is 3. The minimum absolute atomic E-state index is 0.140. The topological polar surface area (TPSA) is 58.1 Å². The molecule has 1 aromatic carbocycles. The molecule has 1 aliphatic heterocycles. The highest BCUT2D eigenvalue weighted by Crippen LogP contribution is 2.25. The zero-order chi connectivity index (χ0) is 19.8. The van der Waals surface area contributed by atoms with Gasteiger partial charge in [0.2, 0.25) is 0 Å². The number of hydrogen-bond donors (Lipinski definition) is 1. The molecule has 0 radical (unpaired) electrons. The van der Waals surface area contributed by atoms with Gasteiger partial charge in [-0.25, -0.2) is 0 Å². The van der Waals surface area contributed by atoms with Crippen LogP contribution >= 0.6 is 0 Å². The molecule has 1 aromatic heterocycles. The molecule has 28 heavy (non-hydrogen) atoms. The number of aryl methyl sites for hydroxylation is 1. The average molecular weight is 381 g/mol. The number of carbonyl (C=O) groups excluding carboxylic acids is 1. The number of hydrogen-bond acceptors (Lipinski definition) is 4. The van der Waals surface area contributed by atoms with Crippen LogP contribution in [0.1, 0.15) is 55.6 Å². The van der Waals surface area contributed by atoms with Gasteiger partial charge in [0.25, 0.3) is 5.91 Å². The molecule has 1 aliphatic rings. The normalized spacial score (nSPS) is 15.0. The monoisotopic (exact) mass is 380 g/mol. The molecule has 0 atom stereocenters. The Morgan fingerprint density at radius 3 is 2.50 bits per heavy atom. The molecule has 150 valence electrons. The first-order valence-corrected chi connectivity index (χ1v) is 10.5. The molecule has 1 amide bonds. The summed E-state index contributed by atoms with van der Waals surface area (Å²) in [5.74, 6) is 2.08. The molecular formula is C23H32N4O. The first kappa shape index (κ1) is 20.3. The maximum Gasteiger partial charge on any atom is 0.271 e. The molecule has 0 spiro atoms. The van der Waals surface area contributed by atoms with Crippen molar-refractivity contribution in [3.8, 4) is 0 Å². The van der Waals surface area contributed by atoms with Crippen molar-refractivity contribution in [2.24, 2.45) is 11.8 Å². The average Bonchev–Trinajstić information content (AvgIpc) is 2.73. The van der Waals surface area contributed by atoms with Gasteiger partial charge in [0, 0.05) is 19.6 Å². The third-order valence-electron chi connectivity index (χ3n) is 5.51. The van der Waals surface area contributed by atoms with E-state index in [-0.39, 0.29) is 5.91 Å². The summed E-state index contributed by atoms with van der Waals surface area (Å²) >= 11 is 0. The Kier molecular flexibility index (Phi) is 7.40. The van der Waals surface area contributed by atoms with E-state index in [4.69, 9.17) is 0 Å². The zero-order valence-corrected chi connectivity index (χ0v) is 17.1. The molecule has 2 heterocycles. The molecule has 0 aliphatic carbocycles. The second-order valence-corrected chi connectivity index (χ2v) is 8.17. The molecule has 2 aromatic rings. The van der Waals surface area contributed by atoms with E-state index in [1.807, 2.05) is 6.07 Å². The SMILES string of the molecule is CC(C)CCNC(=O)c1ccc(N2CCC(CCc3ccccc3)CC2)nn1. The summed E-state index contributed by atoms with van der Waals surface area (Å²) in [6, 6.07) is 14.4. The first-order chi connectivity index (χ1) is 13.6. The van der Waals surface area contributed by atoms with Crippen LogP contribution in [-0.2, 0) is 6.42 Å². The van der Waals surface area contributed by atoms with Crippen LogP contribution in [0.3, 0.4) is 0 Å². The van der Waals surface area contributed by atoms with Crippen LogP contribution in [0, 0.1) is 11.8 Å². The standard InChI is InChI=1S/C23H32N4O/c1-18(2)12-15-24-23(28)21-10-11-22(26-25-21)27-16-13-20(14-17-27)9-8-19-6-4-3-5-7-19/h3-7,10-11,18,20H,8-9,12-17H2,1-2H3,(H,24,28). The summed E-state index contributed by atoms with van der Waals surface area (Å²) in [6.45, 7) is 6.98. The van der Waals surface area contributed by atoms with Gasteiger partial charge < -0.3 is 10.2 Å². The lowest BCUT2D eigenvalue weighted by molar-refractivity contribution is 0.0946. The minimum Gasteiger partial charge on any atom is -0.355 e. The Balaban J connectivity index is 1.43. The second-order valence-electron chi connectivity index (χ2n) is 8.17. The fourth-order valence-electron chi connectivity index (χ4n) is 3.65. The van der Waals surface area contributed by atoms with E-state index < -0.39 is 0 Å². The summed E-state index contributed by atoms with van der Waals surface area (Å²) in [5.41, 5.74) is 1.82. The van der Waals surface area contributed by atoms with Crippen molar-refractivity contribution in [3.63, 3.8) is 0 Å². The molecule has 0 saturated carbocycles. The molecule has 3 rings (SSSR count). The van der Waals surface area contributed by atoms with Crippen molar-refractivity contribution < 1.29 is 4.79 Å². The van der Waals surface area contributed by atoms with Gasteiger partial charge in [-0.15, -0.1) is 10.2 Å². The molecule has 0 bridgehead atoms. The van der Waals surface area contributed by atoms with Crippen LogP contribution in [0.5, 0.6) is 0 Å². The van der Waals surface area contributed by atoms with Gasteiger partial charge in [-0.2, -0.15) is 0 Å². The van der Waals surface area contributed by atoms with Gasteiger partial charge in [0.05, 0.1) is 0 Å². The molecule has 1 saturated heterocycles.